The molecule has 0 fully saturated rings. The fourth-order valence-corrected chi connectivity index (χ4v) is 1.84. The Labute approximate surface area is 90.2 Å². The van der Waals surface area contributed by atoms with Crippen LogP contribution in [-0.4, -0.2) is 39.8 Å². The van der Waals surface area contributed by atoms with Crippen molar-refractivity contribution in [3.05, 3.63) is 0 Å². The fourth-order valence-electron chi connectivity index (χ4n) is 0.834. The predicted octanol–water partition coefficient (Wildman–Crippen LogP) is -0.794. The molecular formula is C8H18N2O4S. The van der Waals surface area contributed by atoms with E-state index in [4.69, 9.17) is 5.73 Å². The third kappa shape index (κ3) is 8.34. The Kier molecular flexibility index (Phi) is 6.46. The van der Waals surface area contributed by atoms with E-state index in [2.05, 4.69) is 9.46 Å². The van der Waals surface area contributed by atoms with Crippen LogP contribution < -0.4 is 10.5 Å². The molecule has 0 aromatic carbocycles. The van der Waals surface area contributed by atoms with Crippen LogP contribution >= 0.6 is 0 Å². The molecular weight excluding hydrogens is 220 g/mol. The van der Waals surface area contributed by atoms with Gasteiger partial charge in [-0.15, -0.1) is 0 Å². The first-order valence-electron chi connectivity index (χ1n) is 4.67. The zero-order valence-corrected chi connectivity index (χ0v) is 9.84. The molecule has 0 aliphatic rings. The number of methoxy groups -OCH3 is 1. The lowest BCUT2D eigenvalue weighted by atomic mass is 10.3. The minimum atomic E-state index is -3.39. The Balaban J connectivity index is 3.83. The van der Waals surface area contributed by atoms with Gasteiger partial charge in [0.05, 0.1) is 19.3 Å². The lowest BCUT2D eigenvalue weighted by Gasteiger charge is -2.07. The maximum absolute atomic E-state index is 11.3. The third-order valence-electron chi connectivity index (χ3n) is 1.72. The summed E-state index contributed by atoms with van der Waals surface area (Å²) in [6, 6.07) is -0.0479. The summed E-state index contributed by atoms with van der Waals surface area (Å²) in [5, 5.41) is 0. The zero-order chi connectivity index (χ0) is 11.9. The number of nitrogens with two attached hydrogens (primary N) is 1. The molecule has 0 bridgehead atoms. The normalized spacial score (nSPS) is 13.5. The molecule has 0 heterocycles. The van der Waals surface area contributed by atoms with Gasteiger partial charge in [0.1, 0.15) is 0 Å². The van der Waals surface area contributed by atoms with Gasteiger partial charge in [-0.3, -0.25) is 4.79 Å². The van der Waals surface area contributed by atoms with E-state index in [1.807, 2.05) is 0 Å². The Morgan fingerprint density at radius 3 is 2.60 bits per heavy atom. The molecule has 0 spiro atoms. The van der Waals surface area contributed by atoms with Crippen LogP contribution in [0.4, 0.5) is 0 Å². The minimum Gasteiger partial charge on any atom is -0.469 e. The average Bonchev–Trinajstić information content (AvgIpc) is 2.13. The largest absolute Gasteiger partial charge is 0.469 e. The lowest BCUT2D eigenvalue weighted by Crippen LogP contribution is -2.31. The van der Waals surface area contributed by atoms with Gasteiger partial charge in [-0.25, -0.2) is 13.1 Å². The summed E-state index contributed by atoms with van der Waals surface area (Å²) in [5.41, 5.74) is 5.46. The van der Waals surface area contributed by atoms with Crippen LogP contribution in [0.1, 0.15) is 19.8 Å². The predicted molar refractivity (Wildman–Crippen MR) is 56.7 cm³/mol. The highest BCUT2D eigenvalue weighted by Gasteiger charge is 2.12. The lowest BCUT2D eigenvalue weighted by molar-refractivity contribution is -0.140. The first-order valence-corrected chi connectivity index (χ1v) is 6.32. The number of ether oxygens (including phenoxy) is 1. The second kappa shape index (κ2) is 6.76. The minimum absolute atomic E-state index is 0.0479. The van der Waals surface area contributed by atoms with Crippen LogP contribution in [-0.2, 0) is 19.6 Å². The monoisotopic (exact) mass is 238 g/mol. The molecule has 0 saturated carbocycles. The summed E-state index contributed by atoms with van der Waals surface area (Å²) in [6.07, 6.45) is 0.432. The highest BCUT2D eigenvalue weighted by atomic mass is 32.2. The van der Waals surface area contributed by atoms with Crippen LogP contribution in [0.25, 0.3) is 0 Å². The number of sulfonamides is 1. The second-order valence-corrected chi connectivity index (χ2v) is 5.23. The van der Waals surface area contributed by atoms with E-state index in [0.29, 0.717) is 13.0 Å². The van der Waals surface area contributed by atoms with Crippen molar-refractivity contribution in [2.45, 2.75) is 25.8 Å². The van der Waals surface area contributed by atoms with Gasteiger partial charge in [0.2, 0.25) is 10.0 Å². The number of carbonyl (C=O) groups excluding carboxylic acids is 1. The Morgan fingerprint density at radius 1 is 1.53 bits per heavy atom. The number of nitrogens with one attached hydrogen (secondary N) is 1. The van der Waals surface area contributed by atoms with Gasteiger partial charge in [0.15, 0.2) is 0 Å². The van der Waals surface area contributed by atoms with E-state index in [9.17, 15) is 13.2 Å². The third-order valence-corrected chi connectivity index (χ3v) is 3.11. The van der Waals surface area contributed by atoms with Crippen molar-refractivity contribution in [3.63, 3.8) is 0 Å². The summed E-state index contributed by atoms with van der Waals surface area (Å²) in [4.78, 5) is 10.7. The van der Waals surface area contributed by atoms with Crippen LogP contribution in [0, 0.1) is 0 Å². The molecule has 1 unspecified atom stereocenters. The molecule has 0 rings (SSSR count). The van der Waals surface area contributed by atoms with Gasteiger partial charge in [-0.2, -0.15) is 0 Å². The Hall–Kier alpha value is -0.660. The molecule has 3 N–H and O–H groups in total. The number of hydrogen-bond acceptors (Lipinski definition) is 5. The summed E-state index contributed by atoms with van der Waals surface area (Å²) >= 11 is 0. The first kappa shape index (κ1) is 14.3. The highest BCUT2D eigenvalue weighted by Crippen LogP contribution is 1.93. The molecule has 0 amide bonds. The quantitative estimate of drug-likeness (QED) is 0.566. The number of esters is 1. The van der Waals surface area contributed by atoms with Crippen molar-refractivity contribution in [1.82, 2.24) is 4.72 Å². The van der Waals surface area contributed by atoms with E-state index < -0.39 is 16.0 Å². The summed E-state index contributed by atoms with van der Waals surface area (Å²) in [7, 11) is -2.17. The van der Waals surface area contributed by atoms with Crippen molar-refractivity contribution >= 4 is 16.0 Å². The van der Waals surface area contributed by atoms with E-state index in [1.165, 1.54) is 7.11 Å². The standard InChI is InChI=1S/C8H18N2O4S/c1-7(9)3-5-10-15(12,13)6-4-8(11)14-2/h7,10H,3-6,9H2,1-2H3. The summed E-state index contributed by atoms with van der Waals surface area (Å²) in [5.74, 6) is -0.786. The molecule has 1 atom stereocenters. The smallest absolute Gasteiger partial charge is 0.306 e. The van der Waals surface area contributed by atoms with Gasteiger partial charge in [0.25, 0.3) is 0 Å². The maximum Gasteiger partial charge on any atom is 0.306 e. The van der Waals surface area contributed by atoms with Crippen LogP contribution in [0.2, 0.25) is 0 Å². The molecule has 0 aliphatic heterocycles. The summed E-state index contributed by atoms with van der Waals surface area (Å²) < 4.78 is 29.2. The Morgan fingerprint density at radius 2 is 2.13 bits per heavy atom. The van der Waals surface area contributed by atoms with Crippen molar-refractivity contribution in [1.29, 1.82) is 0 Å². The topological polar surface area (TPSA) is 98.5 Å². The second-order valence-electron chi connectivity index (χ2n) is 3.31. The fraction of sp³-hybridized carbons (Fsp3) is 0.875. The van der Waals surface area contributed by atoms with Crippen LogP contribution in [0.3, 0.4) is 0 Å². The van der Waals surface area contributed by atoms with Gasteiger partial charge in [-0.1, -0.05) is 0 Å². The number of hydrogen-bond donors (Lipinski definition) is 2. The van der Waals surface area contributed by atoms with Crippen molar-refractivity contribution in [3.8, 4) is 0 Å². The van der Waals surface area contributed by atoms with E-state index in [0.717, 1.165) is 0 Å². The molecule has 90 valence electrons. The molecule has 15 heavy (non-hydrogen) atoms. The van der Waals surface area contributed by atoms with Crippen LogP contribution in [0.15, 0.2) is 0 Å². The van der Waals surface area contributed by atoms with Crippen molar-refractivity contribution in [2.24, 2.45) is 5.73 Å². The highest BCUT2D eigenvalue weighted by molar-refractivity contribution is 7.89. The van der Waals surface area contributed by atoms with E-state index >= 15 is 0 Å². The molecule has 0 aliphatic carbocycles. The SMILES string of the molecule is COC(=O)CCS(=O)(=O)NCCC(C)N. The van der Waals surface area contributed by atoms with E-state index in [-0.39, 0.29) is 18.2 Å². The van der Waals surface area contributed by atoms with Crippen molar-refractivity contribution < 1.29 is 17.9 Å². The number of rotatable bonds is 7. The molecule has 7 heteroatoms. The van der Waals surface area contributed by atoms with Gasteiger partial charge >= 0.3 is 5.97 Å². The van der Waals surface area contributed by atoms with E-state index in [1.54, 1.807) is 6.92 Å². The molecule has 6 nitrogen and oxygen atoms in total. The first-order chi connectivity index (χ1) is 6.87. The number of carbonyl (C=O) groups is 1. The molecule has 0 radical (unpaired) electrons. The van der Waals surface area contributed by atoms with Gasteiger partial charge in [0, 0.05) is 12.6 Å². The van der Waals surface area contributed by atoms with Crippen LogP contribution in [0.5, 0.6) is 0 Å². The molecule has 0 saturated heterocycles. The Bertz CT molecular complexity index is 287. The molecule has 0 aromatic heterocycles. The summed E-state index contributed by atoms with van der Waals surface area (Å²) in [6.45, 7) is 2.09. The molecule has 0 aromatic rings. The maximum atomic E-state index is 11.3. The van der Waals surface area contributed by atoms with Gasteiger partial charge < -0.3 is 10.5 Å². The zero-order valence-electron chi connectivity index (χ0n) is 9.02. The van der Waals surface area contributed by atoms with Crippen molar-refractivity contribution in [2.75, 3.05) is 19.4 Å². The van der Waals surface area contributed by atoms with Gasteiger partial charge in [-0.05, 0) is 13.3 Å². The average molecular weight is 238 g/mol.